The third kappa shape index (κ3) is 3.10. The van der Waals surface area contributed by atoms with Crippen LogP contribution >= 0.6 is 0 Å². The smallest absolute Gasteiger partial charge is 0.313 e. The minimum Gasteiger partial charge on any atom is -0.313 e. The molecule has 1 saturated heterocycles. The summed E-state index contributed by atoms with van der Waals surface area (Å²) in [7, 11) is 0. The molecule has 1 aliphatic rings. The van der Waals surface area contributed by atoms with Crippen LogP contribution in [0.15, 0.2) is 0 Å². The van der Waals surface area contributed by atoms with Crippen LogP contribution in [0.25, 0.3) is 0 Å². The first-order chi connectivity index (χ1) is 7.07. The van der Waals surface area contributed by atoms with Crippen LogP contribution in [0.4, 0.5) is 13.2 Å². The molecular weight excluding hydrogens is 219 g/mol. The van der Waals surface area contributed by atoms with Crippen molar-refractivity contribution in [1.82, 2.24) is 5.06 Å². The monoisotopic (exact) mass is 239 g/mol. The second-order valence-corrected chi connectivity index (χ2v) is 5.59. The van der Waals surface area contributed by atoms with Gasteiger partial charge in [-0.15, -0.1) is 0 Å². The lowest BCUT2D eigenvalue weighted by Gasteiger charge is -2.37. The fourth-order valence-electron chi connectivity index (χ4n) is 2.42. The molecule has 0 radical (unpaired) electrons. The lowest BCUT2D eigenvalue weighted by Crippen LogP contribution is -2.47. The summed E-state index contributed by atoms with van der Waals surface area (Å²) in [6, 6.07) is 0. The van der Waals surface area contributed by atoms with Gasteiger partial charge < -0.3 is 5.21 Å². The summed E-state index contributed by atoms with van der Waals surface area (Å²) in [4.78, 5) is 0. The molecule has 1 N–H and O–H groups in total. The van der Waals surface area contributed by atoms with E-state index in [2.05, 4.69) is 0 Å². The van der Waals surface area contributed by atoms with E-state index in [9.17, 15) is 18.4 Å². The van der Waals surface area contributed by atoms with Crippen LogP contribution in [0.1, 0.15) is 52.9 Å². The first-order valence-electron chi connectivity index (χ1n) is 5.63. The van der Waals surface area contributed by atoms with Crippen LogP contribution in [-0.4, -0.2) is 27.5 Å². The summed E-state index contributed by atoms with van der Waals surface area (Å²) in [5, 5.41) is 11.2. The highest BCUT2D eigenvalue weighted by Crippen LogP contribution is 2.42. The summed E-state index contributed by atoms with van der Waals surface area (Å²) in [6.45, 7) is 5.64. The van der Waals surface area contributed by atoms with Gasteiger partial charge in [-0.2, -0.15) is 18.2 Å². The van der Waals surface area contributed by atoms with Crippen molar-refractivity contribution in [3.05, 3.63) is 0 Å². The maximum absolute atomic E-state index is 12.0. The number of rotatable bonds is 3. The van der Waals surface area contributed by atoms with E-state index in [4.69, 9.17) is 0 Å². The predicted octanol–water partition coefficient (Wildman–Crippen LogP) is 3.74. The molecule has 1 unspecified atom stereocenters. The van der Waals surface area contributed by atoms with E-state index < -0.39 is 18.1 Å². The van der Waals surface area contributed by atoms with Gasteiger partial charge in [-0.1, -0.05) is 0 Å². The summed E-state index contributed by atoms with van der Waals surface area (Å²) in [5.74, 6) is 0. The Morgan fingerprint density at radius 3 is 2.12 bits per heavy atom. The van der Waals surface area contributed by atoms with Gasteiger partial charge in [0.25, 0.3) is 0 Å². The molecular formula is C11H20F3NO. The standard InChI is InChI=1S/C11H20F3NO/c1-9(2)7-8-10(3,15(9)16)5-4-6-11(12,13)14/h16H,4-8H2,1-3H3. The van der Waals surface area contributed by atoms with Gasteiger partial charge in [0.2, 0.25) is 0 Å². The first kappa shape index (κ1) is 13.8. The van der Waals surface area contributed by atoms with Crippen LogP contribution < -0.4 is 0 Å². The first-order valence-corrected chi connectivity index (χ1v) is 5.63. The SMILES string of the molecule is CC1(C)CCC(C)(CCCC(F)(F)F)N1O. The van der Waals surface area contributed by atoms with E-state index in [0.717, 1.165) is 12.8 Å². The van der Waals surface area contributed by atoms with Gasteiger partial charge in [0.15, 0.2) is 0 Å². The van der Waals surface area contributed by atoms with Crippen LogP contribution in [-0.2, 0) is 0 Å². The van der Waals surface area contributed by atoms with E-state index in [1.165, 1.54) is 5.06 Å². The molecule has 1 atom stereocenters. The third-order valence-corrected chi connectivity index (χ3v) is 3.54. The van der Waals surface area contributed by atoms with Crippen molar-refractivity contribution in [2.24, 2.45) is 0 Å². The molecule has 0 saturated carbocycles. The highest BCUT2D eigenvalue weighted by molar-refractivity contribution is 4.98. The van der Waals surface area contributed by atoms with Gasteiger partial charge in [-0.25, -0.2) is 0 Å². The van der Waals surface area contributed by atoms with E-state index in [1.54, 1.807) is 0 Å². The number of nitrogens with zero attached hydrogens (tertiary/aromatic N) is 1. The van der Waals surface area contributed by atoms with Crippen LogP contribution in [0.3, 0.4) is 0 Å². The summed E-state index contributed by atoms with van der Waals surface area (Å²) in [6.07, 6.45) is -2.85. The Labute approximate surface area is 94.4 Å². The van der Waals surface area contributed by atoms with Gasteiger partial charge in [0.05, 0.1) is 0 Å². The van der Waals surface area contributed by atoms with Gasteiger partial charge in [0.1, 0.15) is 0 Å². The molecule has 1 rings (SSSR count). The zero-order chi connectivity index (χ0) is 12.6. The van der Waals surface area contributed by atoms with E-state index in [1.807, 2.05) is 20.8 Å². The quantitative estimate of drug-likeness (QED) is 0.811. The number of alkyl halides is 3. The molecule has 1 heterocycles. The highest BCUT2D eigenvalue weighted by Gasteiger charge is 2.46. The van der Waals surface area contributed by atoms with Crippen molar-refractivity contribution in [3.63, 3.8) is 0 Å². The molecule has 0 amide bonds. The van der Waals surface area contributed by atoms with E-state index >= 15 is 0 Å². The maximum Gasteiger partial charge on any atom is 0.389 e. The minimum absolute atomic E-state index is 0.0765. The van der Waals surface area contributed by atoms with Crippen molar-refractivity contribution < 1.29 is 18.4 Å². The maximum atomic E-state index is 12.0. The zero-order valence-electron chi connectivity index (χ0n) is 10.1. The molecule has 0 aromatic rings. The molecule has 0 bridgehead atoms. The normalized spacial score (nSPS) is 30.9. The van der Waals surface area contributed by atoms with Gasteiger partial charge in [-0.05, 0) is 46.5 Å². The van der Waals surface area contributed by atoms with Crippen molar-refractivity contribution in [2.75, 3.05) is 0 Å². The Hall–Kier alpha value is -0.290. The molecule has 0 spiro atoms. The van der Waals surface area contributed by atoms with Gasteiger partial charge in [0, 0.05) is 17.5 Å². The fraction of sp³-hybridized carbons (Fsp3) is 1.00. The molecule has 2 nitrogen and oxygen atoms in total. The molecule has 16 heavy (non-hydrogen) atoms. The average Bonchev–Trinajstić information content (AvgIpc) is 2.29. The van der Waals surface area contributed by atoms with Crippen molar-refractivity contribution in [2.45, 2.75) is 70.1 Å². The Bertz CT molecular complexity index is 252. The topological polar surface area (TPSA) is 23.5 Å². The molecule has 1 fully saturated rings. The number of hydrogen-bond donors (Lipinski definition) is 1. The Morgan fingerprint density at radius 1 is 1.19 bits per heavy atom. The fourth-order valence-corrected chi connectivity index (χ4v) is 2.42. The Balaban J connectivity index is 2.48. The second kappa shape index (κ2) is 4.18. The van der Waals surface area contributed by atoms with Gasteiger partial charge in [-0.3, -0.25) is 0 Å². The van der Waals surface area contributed by atoms with E-state index in [-0.39, 0.29) is 12.0 Å². The highest BCUT2D eigenvalue weighted by atomic mass is 19.4. The number of hydrogen-bond acceptors (Lipinski definition) is 2. The molecule has 96 valence electrons. The van der Waals surface area contributed by atoms with Crippen molar-refractivity contribution >= 4 is 0 Å². The molecule has 1 aliphatic heterocycles. The molecule has 0 aliphatic carbocycles. The van der Waals surface area contributed by atoms with Crippen LogP contribution in [0, 0.1) is 0 Å². The summed E-state index contributed by atoms with van der Waals surface area (Å²) < 4.78 is 36.1. The summed E-state index contributed by atoms with van der Waals surface area (Å²) in [5.41, 5.74) is -0.832. The largest absolute Gasteiger partial charge is 0.389 e. The molecule has 0 aromatic carbocycles. The lowest BCUT2D eigenvalue weighted by atomic mass is 9.93. The van der Waals surface area contributed by atoms with Crippen LogP contribution in [0.2, 0.25) is 0 Å². The minimum atomic E-state index is -4.09. The van der Waals surface area contributed by atoms with Crippen LogP contribution in [0.5, 0.6) is 0 Å². The Morgan fingerprint density at radius 2 is 1.75 bits per heavy atom. The lowest BCUT2D eigenvalue weighted by molar-refractivity contribution is -0.201. The molecule has 5 heteroatoms. The number of hydroxylamine groups is 2. The van der Waals surface area contributed by atoms with E-state index in [0.29, 0.717) is 6.42 Å². The van der Waals surface area contributed by atoms with Crippen molar-refractivity contribution in [3.8, 4) is 0 Å². The Kier molecular flexibility index (Phi) is 3.60. The predicted molar refractivity (Wildman–Crippen MR) is 55.2 cm³/mol. The van der Waals surface area contributed by atoms with Gasteiger partial charge >= 0.3 is 6.18 Å². The summed E-state index contributed by atoms with van der Waals surface area (Å²) >= 11 is 0. The zero-order valence-corrected chi connectivity index (χ0v) is 10.1. The van der Waals surface area contributed by atoms with Crippen molar-refractivity contribution in [1.29, 1.82) is 0 Å². The number of halogens is 3. The second-order valence-electron chi connectivity index (χ2n) is 5.59. The average molecular weight is 239 g/mol. The molecule has 0 aromatic heterocycles. The third-order valence-electron chi connectivity index (χ3n) is 3.54.